The minimum Gasteiger partial charge on any atom is -0.393 e. The summed E-state index contributed by atoms with van der Waals surface area (Å²) >= 11 is 0. The molecule has 0 spiro atoms. The zero-order valence-corrected chi connectivity index (χ0v) is 9.99. The fraction of sp³-hybridized carbons (Fsp3) is 1.00. The van der Waals surface area contributed by atoms with E-state index in [4.69, 9.17) is 0 Å². The van der Waals surface area contributed by atoms with Crippen LogP contribution < -0.4 is 0 Å². The van der Waals surface area contributed by atoms with E-state index in [9.17, 15) is 5.11 Å². The van der Waals surface area contributed by atoms with E-state index in [1.165, 1.54) is 51.6 Å². The van der Waals surface area contributed by atoms with E-state index < -0.39 is 0 Å². The molecule has 1 heterocycles. The van der Waals surface area contributed by atoms with Crippen molar-refractivity contribution >= 4 is 0 Å². The molecule has 2 fully saturated rings. The highest BCUT2D eigenvalue weighted by atomic mass is 16.3. The molecule has 3 atom stereocenters. The Morgan fingerprint density at radius 2 is 2.07 bits per heavy atom. The first-order valence-corrected chi connectivity index (χ1v) is 6.69. The van der Waals surface area contributed by atoms with E-state index >= 15 is 0 Å². The average molecular weight is 211 g/mol. The third-order valence-electron chi connectivity index (χ3n) is 4.18. The molecule has 1 aliphatic heterocycles. The van der Waals surface area contributed by atoms with Gasteiger partial charge in [0.25, 0.3) is 0 Å². The second kappa shape index (κ2) is 5.31. The van der Waals surface area contributed by atoms with E-state index in [1.54, 1.807) is 0 Å². The highest BCUT2D eigenvalue weighted by Crippen LogP contribution is 2.36. The van der Waals surface area contributed by atoms with Gasteiger partial charge < -0.3 is 10.0 Å². The van der Waals surface area contributed by atoms with Gasteiger partial charge in [-0.05, 0) is 64.5 Å². The van der Waals surface area contributed by atoms with Crippen LogP contribution in [0, 0.1) is 5.92 Å². The lowest BCUT2D eigenvalue weighted by Gasteiger charge is -2.37. The van der Waals surface area contributed by atoms with Crippen molar-refractivity contribution in [1.82, 2.24) is 4.90 Å². The van der Waals surface area contributed by atoms with Crippen LogP contribution in [0.5, 0.6) is 0 Å². The third-order valence-corrected chi connectivity index (χ3v) is 4.18. The summed E-state index contributed by atoms with van der Waals surface area (Å²) in [6, 6.07) is 0.896. The standard InChI is InChI=1S/C13H25NO/c1-11(15)5-3-9-14-10-4-7-12-6-2-8-13(12)14/h11-13,15H,2-10H2,1H3. The smallest absolute Gasteiger partial charge is 0.0512 e. The van der Waals surface area contributed by atoms with Crippen LogP contribution in [-0.4, -0.2) is 35.2 Å². The number of rotatable bonds is 4. The summed E-state index contributed by atoms with van der Waals surface area (Å²) in [6.07, 6.45) is 9.23. The molecular weight excluding hydrogens is 186 g/mol. The van der Waals surface area contributed by atoms with Crippen LogP contribution in [0.4, 0.5) is 0 Å². The molecule has 1 aliphatic carbocycles. The number of aliphatic hydroxyl groups is 1. The van der Waals surface area contributed by atoms with Gasteiger partial charge in [0.2, 0.25) is 0 Å². The predicted molar refractivity (Wildman–Crippen MR) is 62.9 cm³/mol. The molecule has 0 radical (unpaired) electrons. The lowest BCUT2D eigenvalue weighted by Crippen LogP contribution is -2.43. The van der Waals surface area contributed by atoms with Gasteiger partial charge in [-0.2, -0.15) is 0 Å². The molecule has 1 saturated heterocycles. The summed E-state index contributed by atoms with van der Waals surface area (Å²) in [6.45, 7) is 4.42. The van der Waals surface area contributed by atoms with Gasteiger partial charge in [-0.3, -0.25) is 0 Å². The molecule has 15 heavy (non-hydrogen) atoms. The first-order chi connectivity index (χ1) is 7.27. The highest BCUT2D eigenvalue weighted by molar-refractivity contribution is 4.88. The van der Waals surface area contributed by atoms with Crippen LogP contribution in [0.2, 0.25) is 0 Å². The van der Waals surface area contributed by atoms with Gasteiger partial charge in [0.05, 0.1) is 6.10 Å². The zero-order chi connectivity index (χ0) is 10.7. The molecule has 2 heteroatoms. The van der Waals surface area contributed by atoms with Gasteiger partial charge in [0.1, 0.15) is 0 Å². The monoisotopic (exact) mass is 211 g/mol. The van der Waals surface area contributed by atoms with E-state index in [0.717, 1.165) is 18.4 Å². The molecule has 1 N–H and O–H groups in total. The normalized spacial score (nSPS) is 34.0. The number of nitrogens with zero attached hydrogens (tertiary/aromatic N) is 1. The van der Waals surface area contributed by atoms with Gasteiger partial charge in [-0.15, -0.1) is 0 Å². The summed E-state index contributed by atoms with van der Waals surface area (Å²) in [5, 5.41) is 9.25. The van der Waals surface area contributed by atoms with Crippen molar-refractivity contribution in [2.24, 2.45) is 5.92 Å². The second-order valence-corrected chi connectivity index (χ2v) is 5.43. The molecule has 2 nitrogen and oxygen atoms in total. The number of fused-ring (bicyclic) bond motifs is 1. The van der Waals surface area contributed by atoms with Gasteiger partial charge in [-0.1, -0.05) is 6.42 Å². The fourth-order valence-corrected chi connectivity index (χ4v) is 3.42. The van der Waals surface area contributed by atoms with Crippen molar-refractivity contribution in [2.75, 3.05) is 13.1 Å². The Bertz CT molecular complexity index is 193. The van der Waals surface area contributed by atoms with Crippen molar-refractivity contribution in [3.05, 3.63) is 0 Å². The highest BCUT2D eigenvalue weighted by Gasteiger charge is 2.34. The molecule has 0 amide bonds. The van der Waals surface area contributed by atoms with E-state index in [0.29, 0.717) is 0 Å². The van der Waals surface area contributed by atoms with Crippen LogP contribution in [0.25, 0.3) is 0 Å². The first-order valence-electron chi connectivity index (χ1n) is 6.69. The number of piperidine rings is 1. The van der Waals surface area contributed by atoms with Crippen molar-refractivity contribution in [3.63, 3.8) is 0 Å². The Kier molecular flexibility index (Phi) is 4.04. The summed E-state index contributed by atoms with van der Waals surface area (Å²) in [5.74, 6) is 1.00. The summed E-state index contributed by atoms with van der Waals surface area (Å²) < 4.78 is 0. The minimum absolute atomic E-state index is 0.117. The Labute approximate surface area is 93.7 Å². The lowest BCUT2D eigenvalue weighted by molar-refractivity contribution is 0.103. The molecule has 0 aromatic rings. The summed E-state index contributed by atoms with van der Waals surface area (Å²) in [5.41, 5.74) is 0. The molecule has 2 aliphatic rings. The van der Waals surface area contributed by atoms with Gasteiger partial charge in [0, 0.05) is 6.04 Å². The average Bonchev–Trinajstić information content (AvgIpc) is 2.65. The number of likely N-dealkylation sites (tertiary alicyclic amines) is 1. The molecule has 0 aromatic carbocycles. The molecule has 88 valence electrons. The molecular formula is C13H25NO. The molecule has 2 rings (SSSR count). The van der Waals surface area contributed by atoms with Gasteiger partial charge in [-0.25, -0.2) is 0 Å². The SMILES string of the molecule is CC(O)CCCN1CCCC2CCCC21. The summed E-state index contributed by atoms with van der Waals surface area (Å²) in [7, 11) is 0. The zero-order valence-electron chi connectivity index (χ0n) is 9.99. The molecule has 1 saturated carbocycles. The van der Waals surface area contributed by atoms with E-state index in [1.807, 2.05) is 6.92 Å². The maximum Gasteiger partial charge on any atom is 0.0512 e. The van der Waals surface area contributed by atoms with Crippen molar-refractivity contribution < 1.29 is 5.11 Å². The number of hydrogen-bond donors (Lipinski definition) is 1. The maximum atomic E-state index is 9.25. The quantitative estimate of drug-likeness (QED) is 0.772. The predicted octanol–water partition coefficient (Wildman–Crippen LogP) is 2.41. The van der Waals surface area contributed by atoms with Crippen molar-refractivity contribution in [2.45, 2.75) is 64.0 Å². The Morgan fingerprint density at radius 1 is 1.27 bits per heavy atom. The summed E-state index contributed by atoms with van der Waals surface area (Å²) in [4.78, 5) is 2.70. The molecule has 3 unspecified atom stereocenters. The van der Waals surface area contributed by atoms with Crippen molar-refractivity contribution in [3.8, 4) is 0 Å². The van der Waals surface area contributed by atoms with Crippen LogP contribution in [0.15, 0.2) is 0 Å². The van der Waals surface area contributed by atoms with Crippen LogP contribution in [-0.2, 0) is 0 Å². The van der Waals surface area contributed by atoms with Crippen molar-refractivity contribution in [1.29, 1.82) is 0 Å². The van der Waals surface area contributed by atoms with Gasteiger partial charge in [0.15, 0.2) is 0 Å². The second-order valence-electron chi connectivity index (χ2n) is 5.43. The number of hydrogen-bond acceptors (Lipinski definition) is 2. The van der Waals surface area contributed by atoms with E-state index in [-0.39, 0.29) is 6.10 Å². The fourth-order valence-electron chi connectivity index (χ4n) is 3.42. The van der Waals surface area contributed by atoms with Crippen LogP contribution >= 0.6 is 0 Å². The number of aliphatic hydroxyl groups excluding tert-OH is 1. The first kappa shape index (κ1) is 11.4. The van der Waals surface area contributed by atoms with Crippen LogP contribution in [0.3, 0.4) is 0 Å². The van der Waals surface area contributed by atoms with E-state index in [2.05, 4.69) is 4.90 Å². The maximum absolute atomic E-state index is 9.25. The largest absolute Gasteiger partial charge is 0.393 e. The van der Waals surface area contributed by atoms with Gasteiger partial charge >= 0.3 is 0 Å². The minimum atomic E-state index is -0.117. The lowest BCUT2D eigenvalue weighted by atomic mass is 9.92. The molecule has 0 aromatic heterocycles. The Hall–Kier alpha value is -0.0800. The van der Waals surface area contributed by atoms with Crippen LogP contribution in [0.1, 0.15) is 51.9 Å². The topological polar surface area (TPSA) is 23.5 Å². The Morgan fingerprint density at radius 3 is 2.87 bits per heavy atom. The molecule has 0 bridgehead atoms. The third kappa shape index (κ3) is 2.94. The Balaban J connectivity index is 1.75.